The normalized spacial score (nSPS) is 14.7. The van der Waals surface area contributed by atoms with Crippen molar-refractivity contribution in [3.63, 3.8) is 0 Å². The van der Waals surface area contributed by atoms with Crippen LogP contribution in [0.25, 0.3) is 0 Å². The van der Waals surface area contributed by atoms with Gasteiger partial charge in [-0.3, -0.25) is 4.79 Å². The number of rotatable bonds is 7. The molecular weight excluding hydrogens is 290 g/mol. The number of hydrogen-bond donors (Lipinski definition) is 0. The van der Waals surface area contributed by atoms with E-state index < -0.39 is 11.9 Å². The van der Waals surface area contributed by atoms with Crippen LogP contribution in [-0.2, 0) is 14.3 Å². The van der Waals surface area contributed by atoms with Crippen molar-refractivity contribution in [3.05, 3.63) is 47.6 Å². The molecule has 1 amide bonds. The zero-order valence-electron chi connectivity index (χ0n) is 14.4. The summed E-state index contributed by atoms with van der Waals surface area (Å²) < 4.78 is 4.78. The molecule has 0 saturated carbocycles. The zero-order chi connectivity index (χ0) is 17.2. The smallest absolute Gasteiger partial charge is 0.397 e. The molecule has 0 bridgehead atoms. The van der Waals surface area contributed by atoms with Crippen molar-refractivity contribution in [2.24, 2.45) is 0 Å². The van der Waals surface area contributed by atoms with Gasteiger partial charge in [-0.25, -0.2) is 4.79 Å². The van der Waals surface area contributed by atoms with Gasteiger partial charge in [-0.05, 0) is 42.9 Å². The lowest BCUT2D eigenvalue weighted by Crippen LogP contribution is -2.36. The van der Waals surface area contributed by atoms with Crippen LogP contribution in [0.4, 0.5) is 0 Å². The molecule has 0 spiro atoms. The van der Waals surface area contributed by atoms with Crippen LogP contribution in [0.1, 0.15) is 39.5 Å². The van der Waals surface area contributed by atoms with Crippen molar-refractivity contribution in [3.8, 4) is 0 Å². The van der Waals surface area contributed by atoms with Crippen molar-refractivity contribution in [2.45, 2.75) is 39.5 Å². The minimum Gasteiger partial charge on any atom is -0.459 e. The Bertz CT molecular complexity index is 541. The van der Waals surface area contributed by atoms with Gasteiger partial charge < -0.3 is 9.64 Å². The quantitative estimate of drug-likeness (QED) is 0.410. The highest BCUT2D eigenvalue weighted by molar-refractivity contribution is 6.32. The molecule has 1 aliphatic carbocycles. The largest absolute Gasteiger partial charge is 0.459 e. The number of carbonyl (C=O) groups excluding carboxylic acids is 2. The van der Waals surface area contributed by atoms with E-state index in [0.717, 1.165) is 31.3 Å². The fraction of sp³-hybridized carbons (Fsp3) is 0.474. The Morgan fingerprint density at radius 1 is 1.39 bits per heavy atom. The number of amides is 1. The highest BCUT2D eigenvalue weighted by atomic mass is 16.5. The molecule has 126 valence electrons. The van der Waals surface area contributed by atoms with E-state index in [4.69, 9.17) is 4.74 Å². The van der Waals surface area contributed by atoms with Gasteiger partial charge in [-0.15, -0.1) is 0 Å². The van der Waals surface area contributed by atoms with Crippen LogP contribution in [0.5, 0.6) is 0 Å². The van der Waals surface area contributed by atoms with Gasteiger partial charge in [0.15, 0.2) is 0 Å². The minimum atomic E-state index is -0.799. The molecule has 0 radical (unpaired) electrons. The molecule has 1 aliphatic rings. The molecular formula is C19H27NO3. The second-order valence-electron chi connectivity index (χ2n) is 5.50. The van der Waals surface area contributed by atoms with Crippen molar-refractivity contribution >= 4 is 11.9 Å². The lowest BCUT2D eigenvalue weighted by Gasteiger charge is -2.23. The molecule has 0 aliphatic heterocycles. The van der Waals surface area contributed by atoms with Gasteiger partial charge in [-0.1, -0.05) is 44.2 Å². The van der Waals surface area contributed by atoms with Gasteiger partial charge in [0.2, 0.25) is 0 Å². The lowest BCUT2D eigenvalue weighted by molar-refractivity contribution is -0.158. The molecule has 0 N–H and O–H groups in total. The third-order valence-corrected chi connectivity index (χ3v) is 3.70. The molecule has 1 rings (SSSR count). The van der Waals surface area contributed by atoms with Crippen LogP contribution in [0.15, 0.2) is 47.6 Å². The summed E-state index contributed by atoms with van der Waals surface area (Å²) in [5.41, 5.74) is 3.61. The summed E-state index contributed by atoms with van der Waals surface area (Å²) in [6.45, 7) is 8.23. The zero-order valence-corrected chi connectivity index (χ0v) is 14.4. The Morgan fingerprint density at radius 2 is 2.13 bits per heavy atom. The number of esters is 1. The van der Waals surface area contributed by atoms with Gasteiger partial charge in [0.05, 0.1) is 6.61 Å². The van der Waals surface area contributed by atoms with Crippen LogP contribution >= 0.6 is 0 Å². The fourth-order valence-corrected chi connectivity index (χ4v) is 2.65. The van der Waals surface area contributed by atoms with Crippen LogP contribution in [0.3, 0.4) is 0 Å². The highest BCUT2D eigenvalue weighted by Gasteiger charge is 2.22. The summed E-state index contributed by atoms with van der Waals surface area (Å²) >= 11 is 0. The Kier molecular flexibility index (Phi) is 8.09. The summed E-state index contributed by atoms with van der Waals surface area (Å²) in [7, 11) is 1.63. The molecule has 0 atom stereocenters. The highest BCUT2D eigenvalue weighted by Crippen LogP contribution is 2.29. The summed E-state index contributed by atoms with van der Waals surface area (Å²) in [5, 5.41) is 0. The lowest BCUT2D eigenvalue weighted by atomic mass is 9.88. The number of nitrogens with zero attached hydrogens (tertiary/aromatic N) is 1. The molecule has 0 saturated heterocycles. The van der Waals surface area contributed by atoms with E-state index in [9.17, 15) is 9.59 Å². The summed E-state index contributed by atoms with van der Waals surface area (Å²) in [4.78, 5) is 25.0. The Morgan fingerprint density at radius 3 is 2.74 bits per heavy atom. The van der Waals surface area contributed by atoms with Crippen molar-refractivity contribution in [2.75, 3.05) is 20.2 Å². The first-order chi connectivity index (χ1) is 11.0. The Balaban J connectivity index is 2.98. The van der Waals surface area contributed by atoms with Crippen molar-refractivity contribution in [1.29, 1.82) is 0 Å². The Labute approximate surface area is 139 Å². The van der Waals surface area contributed by atoms with Gasteiger partial charge in [-0.2, -0.15) is 0 Å². The average Bonchev–Trinajstić information content (AvgIpc) is 2.54. The first kappa shape index (κ1) is 18.9. The average molecular weight is 317 g/mol. The standard InChI is InChI=1S/C19H27NO3/c1-5-10-15(11-6-2)17-13-9-8-12-16(17)14-20(4)18(21)19(22)23-7-3/h5,8,10,12H,1,6-7,9,11,13-14H2,2-4H3/b15-10+. The molecule has 0 unspecified atom stereocenters. The van der Waals surface area contributed by atoms with Gasteiger partial charge in [0, 0.05) is 13.6 Å². The fourth-order valence-electron chi connectivity index (χ4n) is 2.65. The summed E-state index contributed by atoms with van der Waals surface area (Å²) in [5.74, 6) is -1.41. The molecule has 0 aromatic heterocycles. The van der Waals surface area contributed by atoms with E-state index in [2.05, 4.69) is 25.7 Å². The Hall–Kier alpha value is -2.10. The first-order valence-corrected chi connectivity index (χ1v) is 8.17. The molecule has 4 heteroatoms. The molecule has 0 fully saturated rings. The molecule has 4 nitrogen and oxygen atoms in total. The second-order valence-corrected chi connectivity index (χ2v) is 5.50. The minimum absolute atomic E-state index is 0.203. The number of carbonyl (C=O) groups is 2. The van der Waals surface area contributed by atoms with Crippen LogP contribution in [0, 0.1) is 0 Å². The van der Waals surface area contributed by atoms with Crippen molar-refractivity contribution in [1.82, 2.24) is 4.90 Å². The third-order valence-electron chi connectivity index (χ3n) is 3.70. The van der Waals surface area contributed by atoms with E-state index in [-0.39, 0.29) is 6.61 Å². The number of likely N-dealkylation sites (N-methyl/N-ethyl adjacent to an activating group) is 1. The maximum atomic E-state index is 12.0. The second kappa shape index (κ2) is 9.82. The monoisotopic (exact) mass is 317 g/mol. The topological polar surface area (TPSA) is 46.6 Å². The number of hydrogen-bond acceptors (Lipinski definition) is 3. The van der Waals surface area contributed by atoms with Gasteiger partial charge >= 0.3 is 11.9 Å². The third kappa shape index (κ3) is 5.55. The predicted octanol–water partition coefficient (Wildman–Crippen LogP) is 3.57. The van der Waals surface area contributed by atoms with E-state index in [1.807, 2.05) is 6.08 Å². The number of allylic oxidation sites excluding steroid dienone is 5. The SMILES string of the molecule is C=C/C=C(\CCC)C1=C(CN(C)C(=O)C(=O)OCC)C=CCC1. The van der Waals surface area contributed by atoms with E-state index in [0.29, 0.717) is 6.54 Å². The van der Waals surface area contributed by atoms with Crippen LogP contribution in [0.2, 0.25) is 0 Å². The van der Waals surface area contributed by atoms with Crippen molar-refractivity contribution < 1.29 is 14.3 Å². The van der Waals surface area contributed by atoms with Crippen LogP contribution < -0.4 is 0 Å². The summed E-state index contributed by atoms with van der Waals surface area (Å²) in [6, 6.07) is 0. The van der Waals surface area contributed by atoms with E-state index in [1.54, 1.807) is 20.0 Å². The van der Waals surface area contributed by atoms with Gasteiger partial charge in [0.25, 0.3) is 0 Å². The van der Waals surface area contributed by atoms with E-state index in [1.165, 1.54) is 16.0 Å². The summed E-state index contributed by atoms with van der Waals surface area (Å²) in [6.07, 6.45) is 12.0. The predicted molar refractivity (Wildman–Crippen MR) is 92.9 cm³/mol. The maximum Gasteiger partial charge on any atom is 0.397 e. The molecule has 23 heavy (non-hydrogen) atoms. The molecule has 0 aromatic carbocycles. The van der Waals surface area contributed by atoms with E-state index >= 15 is 0 Å². The van der Waals surface area contributed by atoms with Gasteiger partial charge in [0.1, 0.15) is 0 Å². The molecule has 0 aromatic rings. The number of ether oxygens (including phenoxy) is 1. The molecule has 0 heterocycles. The maximum absolute atomic E-state index is 12.0. The van der Waals surface area contributed by atoms with Crippen LogP contribution in [-0.4, -0.2) is 37.0 Å². The first-order valence-electron chi connectivity index (χ1n) is 8.17.